The van der Waals surface area contributed by atoms with E-state index in [2.05, 4.69) is 16.6 Å². The Hall–Kier alpha value is -3.33. The van der Waals surface area contributed by atoms with Crippen LogP contribution in [0.3, 0.4) is 0 Å². The van der Waals surface area contributed by atoms with Crippen LogP contribution in [0.1, 0.15) is 5.56 Å². The van der Waals surface area contributed by atoms with E-state index < -0.39 is 0 Å². The average molecular weight is 306 g/mol. The molecule has 2 aromatic carbocycles. The molecule has 2 aromatic rings. The number of hydrazone groups is 1. The fourth-order valence-corrected chi connectivity index (χ4v) is 1.87. The van der Waals surface area contributed by atoms with Crippen LogP contribution in [0.2, 0.25) is 5.02 Å². The second kappa shape index (κ2) is 6.90. The number of rotatable bonds is 3. The van der Waals surface area contributed by atoms with Gasteiger partial charge in [0.05, 0.1) is 11.3 Å². The maximum absolute atomic E-state index is 9.22. The summed E-state index contributed by atoms with van der Waals surface area (Å²) in [6, 6.07) is 17.7. The molecule has 104 valence electrons. The minimum absolute atomic E-state index is 0.314. The van der Waals surface area contributed by atoms with Gasteiger partial charge in [-0.15, -0.1) is 0 Å². The predicted octanol–water partition coefficient (Wildman–Crippen LogP) is 3.69. The lowest BCUT2D eigenvalue weighted by atomic mass is 10.0. The quantitative estimate of drug-likeness (QED) is 0.690. The maximum atomic E-state index is 9.22. The molecule has 0 amide bonds. The van der Waals surface area contributed by atoms with Crippen molar-refractivity contribution in [1.29, 1.82) is 15.8 Å². The summed E-state index contributed by atoms with van der Waals surface area (Å²) in [7, 11) is 0. The Morgan fingerprint density at radius 1 is 0.955 bits per heavy atom. The molecule has 0 fully saturated rings. The number of nitriles is 3. The lowest BCUT2D eigenvalue weighted by Crippen LogP contribution is -1.98. The van der Waals surface area contributed by atoms with Gasteiger partial charge in [-0.1, -0.05) is 29.8 Å². The number of hydrogen-bond donors (Lipinski definition) is 1. The number of nitrogens with zero attached hydrogens (tertiary/aromatic N) is 4. The van der Waals surface area contributed by atoms with E-state index in [9.17, 15) is 5.26 Å². The van der Waals surface area contributed by atoms with Gasteiger partial charge in [-0.25, -0.2) is 0 Å². The van der Waals surface area contributed by atoms with Crippen molar-refractivity contribution >= 4 is 23.0 Å². The Bertz CT molecular complexity index is 832. The lowest BCUT2D eigenvalue weighted by molar-refractivity contribution is 1.32. The maximum Gasteiger partial charge on any atom is 0.237 e. The SMILES string of the molecule is N#CC(C#N)=NNc1ccc(-c2ccc(Cl)cc2)cc1C#N. The van der Waals surface area contributed by atoms with Crippen LogP contribution in [-0.4, -0.2) is 5.71 Å². The number of halogens is 1. The highest BCUT2D eigenvalue weighted by Crippen LogP contribution is 2.26. The molecule has 0 bridgehead atoms. The Labute approximate surface area is 132 Å². The first kappa shape index (κ1) is 15.1. The van der Waals surface area contributed by atoms with Crippen molar-refractivity contribution in [1.82, 2.24) is 0 Å². The van der Waals surface area contributed by atoms with Crippen LogP contribution in [0.5, 0.6) is 0 Å². The summed E-state index contributed by atoms with van der Waals surface area (Å²) in [5, 5.41) is 30.7. The Morgan fingerprint density at radius 2 is 1.59 bits per heavy atom. The van der Waals surface area contributed by atoms with Crippen LogP contribution in [0, 0.1) is 34.0 Å². The third-order valence-corrected chi connectivity index (χ3v) is 3.07. The molecule has 0 aliphatic heterocycles. The minimum Gasteiger partial charge on any atom is -0.275 e. The van der Waals surface area contributed by atoms with Gasteiger partial charge in [-0.05, 0) is 35.4 Å². The van der Waals surface area contributed by atoms with Crippen molar-refractivity contribution in [3.8, 4) is 29.3 Å². The average Bonchev–Trinajstić information content (AvgIpc) is 2.56. The highest BCUT2D eigenvalue weighted by molar-refractivity contribution is 6.30. The number of nitrogens with one attached hydrogen (secondary N) is 1. The van der Waals surface area contributed by atoms with Crippen LogP contribution in [0.4, 0.5) is 5.69 Å². The molecule has 6 heteroatoms. The molecule has 0 heterocycles. The van der Waals surface area contributed by atoms with E-state index in [-0.39, 0.29) is 5.71 Å². The zero-order valence-electron chi connectivity index (χ0n) is 11.2. The molecule has 0 saturated heterocycles. The summed E-state index contributed by atoms with van der Waals surface area (Å²) in [5.74, 6) is 0. The van der Waals surface area contributed by atoms with Crippen LogP contribution >= 0.6 is 11.6 Å². The molecule has 0 unspecified atom stereocenters. The zero-order valence-corrected chi connectivity index (χ0v) is 12.0. The molecule has 1 N–H and O–H groups in total. The Kier molecular flexibility index (Phi) is 4.73. The predicted molar refractivity (Wildman–Crippen MR) is 83.9 cm³/mol. The fourth-order valence-electron chi connectivity index (χ4n) is 1.75. The van der Waals surface area contributed by atoms with Gasteiger partial charge in [0.25, 0.3) is 0 Å². The lowest BCUT2D eigenvalue weighted by Gasteiger charge is -2.07. The highest BCUT2D eigenvalue weighted by atomic mass is 35.5. The van der Waals surface area contributed by atoms with E-state index in [1.165, 1.54) is 0 Å². The van der Waals surface area contributed by atoms with Crippen molar-refractivity contribution in [3.63, 3.8) is 0 Å². The molecule has 0 aliphatic rings. The summed E-state index contributed by atoms with van der Waals surface area (Å²) in [6.07, 6.45) is 0. The summed E-state index contributed by atoms with van der Waals surface area (Å²) in [6.45, 7) is 0. The molecule has 22 heavy (non-hydrogen) atoms. The summed E-state index contributed by atoms with van der Waals surface area (Å²) in [5.41, 5.74) is 4.78. The van der Waals surface area contributed by atoms with E-state index in [1.807, 2.05) is 12.1 Å². The number of anilines is 1. The summed E-state index contributed by atoms with van der Waals surface area (Å²) in [4.78, 5) is 0. The molecule has 0 spiro atoms. The molecule has 0 aliphatic carbocycles. The molecule has 0 atom stereocenters. The van der Waals surface area contributed by atoms with Crippen molar-refractivity contribution < 1.29 is 0 Å². The molecule has 0 saturated carbocycles. The van der Waals surface area contributed by atoms with Gasteiger partial charge in [0.2, 0.25) is 5.71 Å². The normalized spacial score (nSPS) is 9.00. The van der Waals surface area contributed by atoms with Gasteiger partial charge in [-0.3, -0.25) is 5.43 Å². The van der Waals surface area contributed by atoms with Crippen LogP contribution in [0.25, 0.3) is 11.1 Å². The van der Waals surface area contributed by atoms with E-state index >= 15 is 0 Å². The first-order valence-electron chi connectivity index (χ1n) is 6.12. The van der Waals surface area contributed by atoms with Gasteiger partial charge in [0, 0.05) is 5.02 Å². The molecule has 5 nitrogen and oxygen atoms in total. The minimum atomic E-state index is -0.314. The Balaban J connectivity index is 2.35. The van der Waals surface area contributed by atoms with Gasteiger partial charge in [0.1, 0.15) is 18.2 Å². The van der Waals surface area contributed by atoms with E-state index in [0.29, 0.717) is 16.3 Å². The van der Waals surface area contributed by atoms with Crippen molar-refractivity contribution in [2.45, 2.75) is 0 Å². The molecular weight excluding hydrogens is 298 g/mol. The number of hydrogen-bond acceptors (Lipinski definition) is 5. The van der Waals surface area contributed by atoms with Crippen LogP contribution < -0.4 is 5.43 Å². The third kappa shape index (κ3) is 3.41. The summed E-state index contributed by atoms with van der Waals surface area (Å²) < 4.78 is 0. The van der Waals surface area contributed by atoms with Crippen molar-refractivity contribution in [2.75, 3.05) is 5.43 Å². The largest absolute Gasteiger partial charge is 0.275 e. The second-order valence-corrected chi connectivity index (χ2v) is 4.61. The number of benzene rings is 2. The second-order valence-electron chi connectivity index (χ2n) is 4.17. The van der Waals surface area contributed by atoms with Gasteiger partial charge >= 0.3 is 0 Å². The van der Waals surface area contributed by atoms with Crippen molar-refractivity contribution in [3.05, 3.63) is 53.1 Å². The zero-order chi connectivity index (χ0) is 15.9. The molecule has 0 radical (unpaired) electrons. The summed E-state index contributed by atoms with van der Waals surface area (Å²) >= 11 is 5.85. The monoisotopic (exact) mass is 305 g/mol. The molecule has 2 rings (SSSR count). The molecule has 0 aromatic heterocycles. The van der Waals surface area contributed by atoms with Crippen LogP contribution in [0.15, 0.2) is 47.6 Å². The van der Waals surface area contributed by atoms with Gasteiger partial charge in [0.15, 0.2) is 0 Å². The fraction of sp³-hybridized carbons (Fsp3) is 0. The van der Waals surface area contributed by atoms with E-state index in [0.717, 1.165) is 11.1 Å². The first-order chi connectivity index (χ1) is 10.7. The topological polar surface area (TPSA) is 95.8 Å². The Morgan fingerprint density at radius 3 is 2.18 bits per heavy atom. The first-order valence-corrected chi connectivity index (χ1v) is 6.49. The standard InChI is InChI=1S/C16H8ClN5/c17-14-4-1-11(2-5-14)12-3-6-16(13(7-12)8-18)22-21-15(9-19)10-20/h1-7,22H. The van der Waals surface area contributed by atoms with E-state index in [1.54, 1.807) is 42.5 Å². The van der Waals surface area contributed by atoms with Gasteiger partial charge < -0.3 is 0 Å². The smallest absolute Gasteiger partial charge is 0.237 e. The highest BCUT2D eigenvalue weighted by Gasteiger charge is 2.05. The van der Waals surface area contributed by atoms with Crippen LogP contribution in [-0.2, 0) is 0 Å². The third-order valence-electron chi connectivity index (χ3n) is 2.82. The van der Waals surface area contributed by atoms with E-state index in [4.69, 9.17) is 22.1 Å². The van der Waals surface area contributed by atoms with Crippen molar-refractivity contribution in [2.24, 2.45) is 5.10 Å². The van der Waals surface area contributed by atoms with Gasteiger partial charge in [-0.2, -0.15) is 20.9 Å². The molecular formula is C16H8ClN5.